The standard InChI is InChI=1S/C8H13NOS2/c1-2-11-5-7(10)3-8-4-9-6-12-8/h4,6-7,10H,2-3,5H2,1H3. The Labute approximate surface area is 81.0 Å². The van der Waals surface area contributed by atoms with Crippen LogP contribution in [0.3, 0.4) is 0 Å². The lowest BCUT2D eigenvalue weighted by Gasteiger charge is -2.06. The number of nitrogens with zero attached hydrogens (tertiary/aromatic N) is 1. The van der Waals surface area contributed by atoms with Crippen LogP contribution in [0.4, 0.5) is 0 Å². The molecule has 1 atom stereocenters. The molecule has 4 heteroatoms. The van der Waals surface area contributed by atoms with Crippen LogP contribution in [0.15, 0.2) is 11.7 Å². The van der Waals surface area contributed by atoms with E-state index in [0.29, 0.717) is 0 Å². The molecule has 1 rings (SSSR count). The molecule has 68 valence electrons. The lowest BCUT2D eigenvalue weighted by atomic mass is 10.3. The molecule has 1 heterocycles. The van der Waals surface area contributed by atoms with Crippen molar-refractivity contribution in [2.45, 2.75) is 19.4 Å². The van der Waals surface area contributed by atoms with Crippen molar-refractivity contribution < 1.29 is 5.11 Å². The minimum atomic E-state index is -0.213. The molecule has 1 aromatic rings. The zero-order chi connectivity index (χ0) is 8.81. The van der Waals surface area contributed by atoms with Crippen LogP contribution in [-0.4, -0.2) is 27.7 Å². The molecule has 12 heavy (non-hydrogen) atoms. The highest BCUT2D eigenvalue weighted by molar-refractivity contribution is 7.99. The van der Waals surface area contributed by atoms with Crippen molar-refractivity contribution in [2.75, 3.05) is 11.5 Å². The highest BCUT2D eigenvalue weighted by Crippen LogP contribution is 2.11. The molecule has 0 radical (unpaired) electrons. The van der Waals surface area contributed by atoms with Gasteiger partial charge in [0.1, 0.15) is 0 Å². The van der Waals surface area contributed by atoms with E-state index >= 15 is 0 Å². The molecule has 0 aliphatic rings. The van der Waals surface area contributed by atoms with Crippen LogP contribution in [0.2, 0.25) is 0 Å². The van der Waals surface area contributed by atoms with Gasteiger partial charge in [-0.25, -0.2) is 0 Å². The molecule has 0 aromatic carbocycles. The Morgan fingerprint density at radius 1 is 1.75 bits per heavy atom. The van der Waals surface area contributed by atoms with Crippen LogP contribution >= 0.6 is 23.1 Å². The number of hydrogen-bond donors (Lipinski definition) is 1. The predicted molar refractivity (Wildman–Crippen MR) is 54.8 cm³/mol. The second kappa shape index (κ2) is 5.56. The smallest absolute Gasteiger partial charge is 0.0794 e. The third kappa shape index (κ3) is 3.56. The largest absolute Gasteiger partial charge is 0.392 e. The van der Waals surface area contributed by atoms with Crippen LogP contribution in [0, 0.1) is 0 Å². The summed E-state index contributed by atoms with van der Waals surface area (Å²) in [6, 6.07) is 0. The number of hydrogen-bond acceptors (Lipinski definition) is 4. The number of aliphatic hydroxyl groups is 1. The Bertz CT molecular complexity index is 201. The van der Waals surface area contributed by atoms with Gasteiger partial charge in [-0.1, -0.05) is 6.92 Å². The molecular weight excluding hydrogens is 190 g/mol. The molecule has 0 aliphatic carbocycles. The van der Waals surface area contributed by atoms with Gasteiger partial charge < -0.3 is 5.11 Å². The highest BCUT2D eigenvalue weighted by Gasteiger charge is 2.05. The van der Waals surface area contributed by atoms with Crippen molar-refractivity contribution in [3.8, 4) is 0 Å². The Hall–Kier alpha value is -0.0600. The summed E-state index contributed by atoms with van der Waals surface area (Å²) in [6.07, 6.45) is 2.36. The first-order valence-electron chi connectivity index (χ1n) is 3.96. The van der Waals surface area contributed by atoms with Gasteiger partial charge in [-0.3, -0.25) is 4.98 Å². The predicted octanol–water partition coefficient (Wildman–Crippen LogP) is 1.80. The SMILES string of the molecule is CCSCC(O)Cc1cncs1. The lowest BCUT2D eigenvalue weighted by molar-refractivity contribution is 0.201. The molecular formula is C8H13NOS2. The summed E-state index contributed by atoms with van der Waals surface area (Å²) < 4.78 is 0. The number of aliphatic hydroxyl groups excluding tert-OH is 1. The second-order valence-corrected chi connectivity index (χ2v) is 4.77. The number of thioether (sulfide) groups is 1. The van der Waals surface area contributed by atoms with Crippen molar-refractivity contribution >= 4 is 23.1 Å². The zero-order valence-corrected chi connectivity index (χ0v) is 8.70. The first-order chi connectivity index (χ1) is 5.83. The Balaban J connectivity index is 2.22. The minimum Gasteiger partial charge on any atom is -0.392 e. The minimum absolute atomic E-state index is 0.213. The molecule has 0 saturated carbocycles. The monoisotopic (exact) mass is 203 g/mol. The number of aromatic nitrogens is 1. The van der Waals surface area contributed by atoms with Crippen molar-refractivity contribution in [2.24, 2.45) is 0 Å². The van der Waals surface area contributed by atoms with Gasteiger partial charge in [0, 0.05) is 23.2 Å². The van der Waals surface area contributed by atoms with E-state index in [0.717, 1.165) is 17.9 Å². The molecule has 1 unspecified atom stereocenters. The van der Waals surface area contributed by atoms with Crippen molar-refractivity contribution in [1.82, 2.24) is 4.98 Å². The summed E-state index contributed by atoms with van der Waals surface area (Å²) in [4.78, 5) is 5.12. The van der Waals surface area contributed by atoms with Crippen LogP contribution < -0.4 is 0 Å². The van der Waals surface area contributed by atoms with Crippen LogP contribution in [0.5, 0.6) is 0 Å². The summed E-state index contributed by atoms with van der Waals surface area (Å²) in [5.74, 6) is 1.90. The van der Waals surface area contributed by atoms with Gasteiger partial charge in [0.15, 0.2) is 0 Å². The van der Waals surface area contributed by atoms with Gasteiger partial charge in [0.25, 0.3) is 0 Å². The van der Waals surface area contributed by atoms with E-state index in [9.17, 15) is 5.11 Å². The molecule has 0 spiro atoms. The summed E-state index contributed by atoms with van der Waals surface area (Å²) in [5.41, 5.74) is 1.80. The van der Waals surface area contributed by atoms with Gasteiger partial charge >= 0.3 is 0 Å². The maximum Gasteiger partial charge on any atom is 0.0794 e. The number of thiazole rings is 1. The van der Waals surface area contributed by atoms with E-state index in [1.165, 1.54) is 4.88 Å². The Morgan fingerprint density at radius 3 is 3.17 bits per heavy atom. The van der Waals surface area contributed by atoms with Gasteiger partial charge in [0.2, 0.25) is 0 Å². The maximum atomic E-state index is 9.51. The molecule has 0 bridgehead atoms. The average Bonchev–Trinajstić information content (AvgIpc) is 2.53. The fourth-order valence-electron chi connectivity index (χ4n) is 0.888. The maximum absolute atomic E-state index is 9.51. The normalized spacial score (nSPS) is 13.2. The highest BCUT2D eigenvalue weighted by atomic mass is 32.2. The van der Waals surface area contributed by atoms with Crippen molar-refractivity contribution in [3.05, 3.63) is 16.6 Å². The van der Waals surface area contributed by atoms with E-state index in [4.69, 9.17) is 0 Å². The molecule has 1 N–H and O–H groups in total. The Kier molecular flexibility index (Phi) is 4.65. The van der Waals surface area contributed by atoms with Crippen LogP contribution in [-0.2, 0) is 6.42 Å². The summed E-state index contributed by atoms with van der Waals surface area (Å²) in [7, 11) is 0. The van der Waals surface area contributed by atoms with E-state index in [-0.39, 0.29) is 6.10 Å². The molecule has 1 aromatic heterocycles. The van der Waals surface area contributed by atoms with E-state index < -0.39 is 0 Å². The third-order valence-electron chi connectivity index (χ3n) is 1.43. The van der Waals surface area contributed by atoms with Gasteiger partial charge in [-0.05, 0) is 5.75 Å². The summed E-state index contributed by atoms with van der Waals surface area (Å²) in [5, 5.41) is 9.51. The van der Waals surface area contributed by atoms with Crippen LogP contribution in [0.25, 0.3) is 0 Å². The molecule has 0 amide bonds. The third-order valence-corrected chi connectivity index (χ3v) is 3.27. The van der Waals surface area contributed by atoms with Crippen molar-refractivity contribution in [1.29, 1.82) is 0 Å². The molecule has 0 fully saturated rings. The molecule has 0 saturated heterocycles. The topological polar surface area (TPSA) is 33.1 Å². The van der Waals surface area contributed by atoms with Gasteiger partial charge in [-0.15, -0.1) is 11.3 Å². The van der Waals surface area contributed by atoms with E-state index in [1.807, 2.05) is 6.20 Å². The van der Waals surface area contributed by atoms with E-state index in [1.54, 1.807) is 28.6 Å². The Morgan fingerprint density at radius 2 is 2.58 bits per heavy atom. The van der Waals surface area contributed by atoms with Gasteiger partial charge in [-0.2, -0.15) is 11.8 Å². The van der Waals surface area contributed by atoms with Crippen LogP contribution in [0.1, 0.15) is 11.8 Å². The lowest BCUT2D eigenvalue weighted by Crippen LogP contribution is -2.12. The number of rotatable bonds is 5. The second-order valence-electron chi connectivity index (χ2n) is 2.49. The summed E-state index contributed by atoms with van der Waals surface area (Å²) in [6.45, 7) is 2.10. The quantitative estimate of drug-likeness (QED) is 0.792. The summed E-state index contributed by atoms with van der Waals surface area (Å²) >= 11 is 3.38. The van der Waals surface area contributed by atoms with E-state index in [2.05, 4.69) is 11.9 Å². The fraction of sp³-hybridized carbons (Fsp3) is 0.625. The molecule has 0 aliphatic heterocycles. The molecule has 2 nitrogen and oxygen atoms in total. The first kappa shape index (κ1) is 10.0. The van der Waals surface area contributed by atoms with Gasteiger partial charge in [0.05, 0.1) is 11.6 Å². The fourth-order valence-corrected chi connectivity index (χ4v) is 2.18. The average molecular weight is 203 g/mol. The first-order valence-corrected chi connectivity index (χ1v) is 5.99. The zero-order valence-electron chi connectivity index (χ0n) is 7.06. The van der Waals surface area contributed by atoms with Crippen molar-refractivity contribution in [3.63, 3.8) is 0 Å².